The second kappa shape index (κ2) is 6.90. The molecule has 0 aliphatic heterocycles. The number of halogens is 1. The number of carbonyl (C=O) groups is 1. The molecule has 1 atom stereocenters. The first-order valence-corrected chi connectivity index (χ1v) is 8.73. The quantitative estimate of drug-likeness (QED) is 0.749. The Kier molecular flexibility index (Phi) is 5.41. The molecule has 0 heterocycles. The number of thioether (sulfide) groups is 1. The van der Waals surface area contributed by atoms with E-state index in [-0.39, 0.29) is 12.6 Å². The average molecular weight is 329 g/mol. The highest BCUT2D eigenvalue weighted by molar-refractivity contribution is 7.97. The molecule has 0 bridgehead atoms. The Hall–Kier alpha value is -0.910. The van der Waals surface area contributed by atoms with E-state index in [0.717, 1.165) is 24.2 Å². The molecular weight excluding hydrogens is 308 g/mol. The lowest BCUT2D eigenvalue weighted by molar-refractivity contribution is 0.159. The molecule has 1 aliphatic carbocycles. The molecule has 0 saturated heterocycles. The lowest BCUT2D eigenvalue weighted by Crippen LogP contribution is -2.52. The number of rotatable bonds is 6. The largest absolute Gasteiger partial charge is 0.394 e. The Morgan fingerprint density at radius 2 is 2.24 bits per heavy atom. The summed E-state index contributed by atoms with van der Waals surface area (Å²) >= 11 is 7.83. The predicted molar refractivity (Wildman–Crippen MR) is 89.0 cm³/mol. The fourth-order valence-corrected chi connectivity index (χ4v) is 3.01. The van der Waals surface area contributed by atoms with Crippen LogP contribution >= 0.6 is 23.4 Å². The number of aliphatic hydroxyl groups is 1. The minimum absolute atomic E-state index is 0.0642. The summed E-state index contributed by atoms with van der Waals surface area (Å²) in [5.74, 6) is 1.22. The van der Waals surface area contributed by atoms with Crippen LogP contribution in [0.4, 0.5) is 10.5 Å². The van der Waals surface area contributed by atoms with E-state index >= 15 is 0 Å². The zero-order valence-corrected chi connectivity index (χ0v) is 13.9. The van der Waals surface area contributed by atoms with Gasteiger partial charge in [-0.2, -0.15) is 11.8 Å². The lowest BCUT2D eigenvalue weighted by atomic mass is 9.97. The van der Waals surface area contributed by atoms with Gasteiger partial charge in [0.2, 0.25) is 0 Å². The van der Waals surface area contributed by atoms with Crippen molar-refractivity contribution in [3.63, 3.8) is 0 Å². The van der Waals surface area contributed by atoms with Crippen molar-refractivity contribution in [2.45, 2.75) is 31.1 Å². The van der Waals surface area contributed by atoms with Gasteiger partial charge in [0, 0.05) is 5.75 Å². The molecule has 2 rings (SSSR count). The van der Waals surface area contributed by atoms with Crippen LogP contribution in [0.5, 0.6) is 0 Å². The molecule has 3 N–H and O–H groups in total. The van der Waals surface area contributed by atoms with Crippen molar-refractivity contribution in [2.75, 3.05) is 18.2 Å². The average Bonchev–Trinajstić information content (AvgIpc) is 3.27. The zero-order chi connectivity index (χ0) is 15.5. The molecule has 1 saturated carbocycles. The summed E-state index contributed by atoms with van der Waals surface area (Å²) in [7, 11) is 0. The monoisotopic (exact) mass is 328 g/mol. The number of hydrogen-bond donors (Lipinski definition) is 3. The molecule has 0 aromatic heterocycles. The number of anilines is 1. The van der Waals surface area contributed by atoms with E-state index in [9.17, 15) is 9.90 Å². The molecule has 0 radical (unpaired) electrons. The number of urea groups is 1. The molecule has 1 aliphatic rings. The summed E-state index contributed by atoms with van der Waals surface area (Å²) in [5.41, 5.74) is 1.14. The third kappa shape index (κ3) is 4.28. The first-order chi connectivity index (χ1) is 9.98. The van der Waals surface area contributed by atoms with Gasteiger partial charge in [0.1, 0.15) is 0 Å². The van der Waals surface area contributed by atoms with E-state index in [2.05, 4.69) is 10.6 Å². The van der Waals surface area contributed by atoms with Crippen LogP contribution in [0, 0.1) is 5.92 Å². The van der Waals surface area contributed by atoms with E-state index in [4.69, 9.17) is 11.6 Å². The van der Waals surface area contributed by atoms with Gasteiger partial charge in [-0.05, 0) is 49.6 Å². The van der Waals surface area contributed by atoms with Crippen molar-refractivity contribution >= 4 is 35.1 Å². The topological polar surface area (TPSA) is 61.4 Å². The highest BCUT2D eigenvalue weighted by atomic mass is 35.5. The van der Waals surface area contributed by atoms with Crippen LogP contribution in [0.3, 0.4) is 0 Å². The van der Waals surface area contributed by atoms with E-state index < -0.39 is 5.54 Å². The van der Waals surface area contributed by atoms with E-state index in [0.29, 0.717) is 16.6 Å². The Bertz CT molecular complexity index is 522. The second-order valence-electron chi connectivity index (χ2n) is 5.68. The molecule has 0 unspecified atom stereocenters. The van der Waals surface area contributed by atoms with Crippen molar-refractivity contribution < 1.29 is 9.90 Å². The van der Waals surface area contributed by atoms with Gasteiger partial charge in [-0.15, -0.1) is 0 Å². The van der Waals surface area contributed by atoms with Gasteiger partial charge in [-0.3, -0.25) is 0 Å². The standard InChI is InChI=1S/C15H21ClN2O2S/c1-15(9-19,11-4-5-11)18-14(20)17-13-7-10(8-21-2)3-6-12(13)16/h3,6-7,11,19H,4-5,8-9H2,1-2H3,(H2,17,18,20)/t15-/m0/s1. The van der Waals surface area contributed by atoms with E-state index in [1.54, 1.807) is 17.8 Å². The van der Waals surface area contributed by atoms with Crippen LogP contribution in [0.25, 0.3) is 0 Å². The first kappa shape index (κ1) is 16.5. The third-order valence-electron chi connectivity index (χ3n) is 3.80. The fourth-order valence-electron chi connectivity index (χ4n) is 2.33. The third-order valence-corrected chi connectivity index (χ3v) is 4.75. The number of nitrogens with one attached hydrogen (secondary N) is 2. The van der Waals surface area contributed by atoms with E-state index in [1.807, 2.05) is 25.3 Å². The van der Waals surface area contributed by atoms with Gasteiger partial charge in [0.15, 0.2) is 0 Å². The van der Waals surface area contributed by atoms with Gasteiger partial charge >= 0.3 is 6.03 Å². The molecule has 116 valence electrons. The Morgan fingerprint density at radius 1 is 1.52 bits per heavy atom. The molecule has 6 heteroatoms. The van der Waals surface area contributed by atoms with Crippen LogP contribution in [0.2, 0.25) is 5.02 Å². The summed E-state index contributed by atoms with van der Waals surface area (Å²) in [6, 6.07) is 5.28. The first-order valence-electron chi connectivity index (χ1n) is 6.96. The van der Waals surface area contributed by atoms with Crippen LogP contribution in [0.1, 0.15) is 25.3 Å². The molecule has 1 aromatic carbocycles. The molecule has 2 amide bonds. The van der Waals surface area contributed by atoms with Gasteiger partial charge in [-0.25, -0.2) is 4.79 Å². The van der Waals surface area contributed by atoms with Crippen molar-refractivity contribution in [3.8, 4) is 0 Å². The van der Waals surface area contributed by atoms with Crippen molar-refractivity contribution in [1.29, 1.82) is 0 Å². The highest BCUT2D eigenvalue weighted by Crippen LogP contribution is 2.39. The molecular formula is C15H21ClN2O2S. The van der Waals surface area contributed by atoms with Crippen LogP contribution < -0.4 is 10.6 Å². The minimum atomic E-state index is -0.562. The maximum atomic E-state index is 12.1. The van der Waals surface area contributed by atoms with Gasteiger partial charge in [0.05, 0.1) is 22.9 Å². The minimum Gasteiger partial charge on any atom is -0.394 e. The van der Waals surface area contributed by atoms with Gasteiger partial charge < -0.3 is 15.7 Å². The predicted octanol–water partition coefficient (Wildman–Crippen LogP) is 3.49. The molecule has 0 spiro atoms. The Balaban J connectivity index is 2.03. The van der Waals surface area contributed by atoms with Gasteiger partial charge in [-0.1, -0.05) is 17.7 Å². The summed E-state index contributed by atoms with van der Waals surface area (Å²) in [6.45, 7) is 1.81. The van der Waals surface area contributed by atoms with Crippen LogP contribution in [-0.4, -0.2) is 29.5 Å². The number of amides is 2. The Labute approximate surface area is 134 Å². The second-order valence-corrected chi connectivity index (χ2v) is 6.95. The Morgan fingerprint density at radius 3 is 2.81 bits per heavy atom. The number of carbonyl (C=O) groups excluding carboxylic acids is 1. The maximum absolute atomic E-state index is 12.1. The van der Waals surface area contributed by atoms with Crippen molar-refractivity contribution in [1.82, 2.24) is 5.32 Å². The van der Waals surface area contributed by atoms with E-state index in [1.165, 1.54) is 0 Å². The summed E-state index contributed by atoms with van der Waals surface area (Å²) in [5, 5.41) is 15.7. The smallest absolute Gasteiger partial charge is 0.319 e. The van der Waals surface area contributed by atoms with Crippen molar-refractivity contribution in [3.05, 3.63) is 28.8 Å². The number of benzene rings is 1. The van der Waals surface area contributed by atoms with Crippen LogP contribution in [-0.2, 0) is 5.75 Å². The fraction of sp³-hybridized carbons (Fsp3) is 0.533. The number of hydrogen-bond acceptors (Lipinski definition) is 3. The van der Waals surface area contributed by atoms with Crippen molar-refractivity contribution in [2.24, 2.45) is 5.92 Å². The number of aliphatic hydroxyl groups excluding tert-OH is 1. The van der Waals surface area contributed by atoms with Crippen LogP contribution in [0.15, 0.2) is 18.2 Å². The lowest BCUT2D eigenvalue weighted by Gasteiger charge is -2.28. The maximum Gasteiger partial charge on any atom is 0.319 e. The zero-order valence-electron chi connectivity index (χ0n) is 12.3. The normalized spacial score (nSPS) is 17.1. The summed E-state index contributed by atoms with van der Waals surface area (Å²) < 4.78 is 0. The molecule has 1 fully saturated rings. The highest BCUT2D eigenvalue weighted by Gasteiger charge is 2.42. The molecule has 1 aromatic rings. The van der Waals surface area contributed by atoms with Gasteiger partial charge in [0.25, 0.3) is 0 Å². The summed E-state index contributed by atoms with van der Waals surface area (Å²) in [6.07, 6.45) is 4.11. The molecule has 4 nitrogen and oxygen atoms in total. The SMILES string of the molecule is CSCc1ccc(Cl)c(NC(=O)N[C@@](C)(CO)C2CC2)c1. The summed E-state index contributed by atoms with van der Waals surface area (Å²) in [4.78, 5) is 12.1. The molecule has 21 heavy (non-hydrogen) atoms.